The van der Waals surface area contributed by atoms with Gasteiger partial charge in [0.15, 0.2) is 5.16 Å². The van der Waals surface area contributed by atoms with Gasteiger partial charge in [0.05, 0.1) is 17.2 Å². The van der Waals surface area contributed by atoms with Crippen LogP contribution in [0.25, 0.3) is 10.2 Å². The lowest BCUT2D eigenvalue weighted by Gasteiger charge is -2.13. The maximum atomic E-state index is 12.7. The Hall–Kier alpha value is -1.38. The van der Waals surface area contributed by atoms with Crippen LogP contribution < -0.4 is 10.9 Å². The minimum Gasteiger partial charge on any atom is -0.383 e. The molecular formula is C16H21N3O3S2. The van der Waals surface area contributed by atoms with Gasteiger partial charge in [-0.3, -0.25) is 14.2 Å². The highest BCUT2D eigenvalue weighted by Crippen LogP contribution is 2.35. The number of hydrogen-bond acceptors (Lipinski definition) is 6. The Labute approximate surface area is 148 Å². The molecule has 0 saturated heterocycles. The van der Waals surface area contributed by atoms with E-state index in [1.54, 1.807) is 30.1 Å². The van der Waals surface area contributed by atoms with Crippen LogP contribution in [-0.4, -0.2) is 41.0 Å². The predicted octanol–water partition coefficient (Wildman–Crippen LogP) is 1.73. The molecular weight excluding hydrogens is 346 g/mol. The van der Waals surface area contributed by atoms with Crippen LogP contribution in [0.4, 0.5) is 0 Å². The lowest BCUT2D eigenvalue weighted by Crippen LogP contribution is -2.33. The zero-order valence-electron chi connectivity index (χ0n) is 14.0. The van der Waals surface area contributed by atoms with E-state index in [0.29, 0.717) is 18.3 Å². The Kier molecular flexibility index (Phi) is 5.27. The van der Waals surface area contributed by atoms with Crippen LogP contribution in [0.2, 0.25) is 0 Å². The SMILES string of the molecule is COCCNC(=O)[C@H](C)Sc1nc2sc3c(c2c(=O)n1C)CCC3. The minimum absolute atomic E-state index is 0.00566. The van der Waals surface area contributed by atoms with E-state index in [-0.39, 0.29) is 16.7 Å². The molecule has 24 heavy (non-hydrogen) atoms. The summed E-state index contributed by atoms with van der Waals surface area (Å²) in [6.45, 7) is 2.77. The quantitative estimate of drug-likeness (QED) is 0.478. The summed E-state index contributed by atoms with van der Waals surface area (Å²) in [5.74, 6) is -0.0833. The minimum atomic E-state index is -0.329. The highest BCUT2D eigenvalue weighted by Gasteiger charge is 2.24. The smallest absolute Gasteiger partial charge is 0.262 e. The van der Waals surface area contributed by atoms with Crippen LogP contribution in [-0.2, 0) is 29.4 Å². The van der Waals surface area contributed by atoms with Crippen molar-refractivity contribution >= 4 is 39.2 Å². The fraction of sp³-hybridized carbons (Fsp3) is 0.562. The van der Waals surface area contributed by atoms with Gasteiger partial charge >= 0.3 is 0 Å². The van der Waals surface area contributed by atoms with Crippen LogP contribution in [0, 0.1) is 0 Å². The van der Waals surface area contributed by atoms with Gasteiger partial charge in [0, 0.05) is 25.6 Å². The lowest BCUT2D eigenvalue weighted by atomic mass is 10.2. The fourth-order valence-corrected chi connectivity index (χ4v) is 5.04. The van der Waals surface area contributed by atoms with Gasteiger partial charge in [-0.1, -0.05) is 11.8 Å². The standard InChI is InChI=1S/C16H21N3O3S2/c1-9(13(20)17-7-8-22-3)23-16-18-14-12(15(21)19(16)2)10-5-4-6-11(10)24-14/h9H,4-8H2,1-3H3,(H,17,20)/t9-/m0/s1. The molecule has 130 valence electrons. The molecule has 2 aromatic rings. The van der Waals surface area contributed by atoms with Gasteiger partial charge < -0.3 is 10.1 Å². The van der Waals surface area contributed by atoms with Crippen molar-refractivity contribution in [3.05, 3.63) is 20.8 Å². The summed E-state index contributed by atoms with van der Waals surface area (Å²) in [6, 6.07) is 0. The molecule has 1 aliphatic carbocycles. The van der Waals surface area contributed by atoms with Crippen molar-refractivity contribution in [2.45, 2.75) is 36.6 Å². The second-order valence-electron chi connectivity index (χ2n) is 5.84. The maximum absolute atomic E-state index is 12.7. The third-order valence-electron chi connectivity index (χ3n) is 4.16. The Morgan fingerprint density at radius 3 is 3.04 bits per heavy atom. The number of rotatable bonds is 6. The molecule has 0 saturated carbocycles. The molecule has 0 fully saturated rings. The molecule has 3 rings (SSSR count). The van der Waals surface area contributed by atoms with E-state index in [0.717, 1.165) is 29.5 Å². The number of hydrogen-bond donors (Lipinski definition) is 1. The average molecular weight is 367 g/mol. The summed E-state index contributed by atoms with van der Waals surface area (Å²) in [6.07, 6.45) is 3.13. The summed E-state index contributed by atoms with van der Waals surface area (Å²) >= 11 is 2.93. The van der Waals surface area contributed by atoms with Gasteiger partial charge in [0.1, 0.15) is 4.83 Å². The van der Waals surface area contributed by atoms with Crippen molar-refractivity contribution in [2.75, 3.05) is 20.3 Å². The molecule has 0 aliphatic heterocycles. The number of aryl methyl sites for hydroxylation is 2. The first-order chi connectivity index (χ1) is 11.5. The largest absolute Gasteiger partial charge is 0.383 e. The van der Waals surface area contributed by atoms with Gasteiger partial charge in [-0.15, -0.1) is 11.3 Å². The summed E-state index contributed by atoms with van der Waals surface area (Å²) in [7, 11) is 3.32. The van der Waals surface area contributed by atoms with Crippen molar-refractivity contribution in [2.24, 2.45) is 7.05 Å². The highest BCUT2D eigenvalue weighted by molar-refractivity contribution is 8.00. The molecule has 1 amide bonds. The molecule has 8 heteroatoms. The molecule has 2 aromatic heterocycles. The van der Waals surface area contributed by atoms with Crippen LogP contribution in [0.5, 0.6) is 0 Å². The van der Waals surface area contributed by atoms with Crippen LogP contribution >= 0.6 is 23.1 Å². The number of ether oxygens (including phenoxy) is 1. The fourth-order valence-electron chi connectivity index (χ4n) is 2.84. The first kappa shape index (κ1) is 17.4. The van der Waals surface area contributed by atoms with Gasteiger partial charge in [0.2, 0.25) is 5.91 Å². The molecule has 6 nitrogen and oxygen atoms in total. The molecule has 0 radical (unpaired) electrons. The molecule has 0 bridgehead atoms. The normalized spacial score (nSPS) is 14.8. The van der Waals surface area contributed by atoms with E-state index >= 15 is 0 Å². The van der Waals surface area contributed by atoms with Crippen LogP contribution in [0.15, 0.2) is 9.95 Å². The van der Waals surface area contributed by atoms with E-state index < -0.39 is 0 Å². The summed E-state index contributed by atoms with van der Waals surface area (Å²) < 4.78 is 6.49. The maximum Gasteiger partial charge on any atom is 0.262 e. The van der Waals surface area contributed by atoms with Gasteiger partial charge in [-0.25, -0.2) is 4.98 Å². The number of nitrogens with one attached hydrogen (secondary N) is 1. The molecule has 0 aromatic carbocycles. The first-order valence-corrected chi connectivity index (χ1v) is 9.67. The van der Waals surface area contributed by atoms with Gasteiger partial charge in [-0.2, -0.15) is 0 Å². The third kappa shape index (κ3) is 3.22. The summed E-state index contributed by atoms with van der Waals surface area (Å²) in [4.78, 5) is 31.6. The van der Waals surface area contributed by atoms with Crippen molar-refractivity contribution < 1.29 is 9.53 Å². The number of fused-ring (bicyclic) bond motifs is 3. The molecule has 0 spiro atoms. The molecule has 2 heterocycles. The van der Waals surface area contributed by atoms with E-state index in [4.69, 9.17) is 4.74 Å². The van der Waals surface area contributed by atoms with Crippen LogP contribution in [0.3, 0.4) is 0 Å². The number of aromatic nitrogens is 2. The topological polar surface area (TPSA) is 73.2 Å². The second kappa shape index (κ2) is 7.25. The number of thioether (sulfide) groups is 1. The monoisotopic (exact) mass is 367 g/mol. The predicted molar refractivity (Wildman–Crippen MR) is 97.1 cm³/mol. The van der Waals surface area contributed by atoms with Gasteiger partial charge in [0.25, 0.3) is 5.56 Å². The Balaban J connectivity index is 1.84. The van der Waals surface area contributed by atoms with Crippen LogP contribution in [0.1, 0.15) is 23.8 Å². The summed E-state index contributed by atoms with van der Waals surface area (Å²) in [5, 5.41) is 3.84. The highest BCUT2D eigenvalue weighted by atomic mass is 32.2. The van der Waals surface area contributed by atoms with E-state index in [1.165, 1.54) is 22.2 Å². The number of methoxy groups -OCH3 is 1. The molecule has 1 N–H and O–H groups in total. The zero-order chi connectivity index (χ0) is 17.3. The second-order valence-corrected chi connectivity index (χ2v) is 8.23. The van der Waals surface area contributed by atoms with Crippen molar-refractivity contribution in [1.82, 2.24) is 14.9 Å². The number of nitrogens with zero attached hydrogens (tertiary/aromatic N) is 2. The van der Waals surface area contributed by atoms with E-state index in [1.807, 2.05) is 6.92 Å². The number of carbonyl (C=O) groups excluding carboxylic acids is 1. The van der Waals surface area contributed by atoms with Crippen molar-refractivity contribution in [3.63, 3.8) is 0 Å². The van der Waals surface area contributed by atoms with Gasteiger partial charge in [-0.05, 0) is 31.7 Å². The zero-order valence-corrected chi connectivity index (χ0v) is 15.7. The molecule has 1 atom stereocenters. The average Bonchev–Trinajstić information content (AvgIpc) is 3.12. The van der Waals surface area contributed by atoms with Crippen molar-refractivity contribution in [3.8, 4) is 0 Å². The first-order valence-electron chi connectivity index (χ1n) is 7.97. The third-order valence-corrected chi connectivity index (χ3v) is 6.49. The van der Waals surface area contributed by atoms with Crippen molar-refractivity contribution in [1.29, 1.82) is 0 Å². The summed E-state index contributed by atoms with van der Waals surface area (Å²) in [5.41, 5.74) is 1.18. The Morgan fingerprint density at radius 2 is 2.29 bits per heavy atom. The number of carbonyl (C=O) groups is 1. The number of amides is 1. The molecule has 1 aliphatic rings. The van der Waals surface area contributed by atoms with E-state index in [9.17, 15) is 9.59 Å². The number of thiophene rings is 1. The Bertz CT molecular complexity index is 828. The lowest BCUT2D eigenvalue weighted by molar-refractivity contribution is -0.120. The van der Waals surface area contributed by atoms with E-state index in [2.05, 4.69) is 10.3 Å². The Morgan fingerprint density at radius 1 is 1.50 bits per heavy atom. The molecule has 0 unspecified atom stereocenters.